The normalized spacial score (nSPS) is 13.3. The van der Waals surface area contributed by atoms with E-state index in [9.17, 15) is 15.0 Å². The maximum atomic E-state index is 13.7. The van der Waals surface area contributed by atoms with Gasteiger partial charge < -0.3 is 14.9 Å². The molecule has 2 unspecified atom stereocenters. The van der Waals surface area contributed by atoms with Crippen LogP contribution in [-0.4, -0.2) is 28.1 Å². The van der Waals surface area contributed by atoms with E-state index >= 15 is 0 Å². The highest BCUT2D eigenvalue weighted by atomic mass is 16.6. The Kier molecular flexibility index (Phi) is 37.2. The number of hydrogen-bond acceptors (Lipinski definition) is 4. The van der Waals surface area contributed by atoms with Crippen LogP contribution in [-0.2, 0) is 9.53 Å². The van der Waals surface area contributed by atoms with Gasteiger partial charge >= 0.3 is 5.97 Å². The van der Waals surface area contributed by atoms with Gasteiger partial charge in [-0.1, -0.05) is 234 Å². The number of esters is 1. The van der Waals surface area contributed by atoms with Crippen molar-refractivity contribution < 1.29 is 19.7 Å². The molecular formula is C47H94O4. The molecule has 2 N–H and O–H groups in total. The first kappa shape index (κ1) is 50.4. The highest BCUT2D eigenvalue weighted by Crippen LogP contribution is 2.30. The summed E-state index contributed by atoms with van der Waals surface area (Å²) in [7, 11) is 0. The first-order valence-electron chi connectivity index (χ1n) is 23.4. The molecule has 0 aliphatic rings. The Morgan fingerprint density at radius 2 is 0.686 bits per heavy atom. The molecule has 0 saturated carbocycles. The first-order chi connectivity index (χ1) is 24.8. The van der Waals surface area contributed by atoms with E-state index in [0.29, 0.717) is 6.42 Å². The lowest BCUT2D eigenvalue weighted by Gasteiger charge is -2.32. The first-order valence-corrected chi connectivity index (χ1v) is 23.4. The van der Waals surface area contributed by atoms with Crippen molar-refractivity contribution in [3.8, 4) is 0 Å². The molecule has 4 heteroatoms. The summed E-state index contributed by atoms with van der Waals surface area (Å²) in [6.45, 7) is 10.8. The SMILES string of the molecule is CCCCCCCCCCCCCCCCCCCCC(C(=O)OC(CCCCCCCC)CCCCCCCCCCC)C(O)(O)CC(C)C. The molecule has 0 aromatic carbocycles. The monoisotopic (exact) mass is 723 g/mol. The zero-order chi connectivity index (χ0) is 37.7. The van der Waals surface area contributed by atoms with E-state index in [1.54, 1.807) is 0 Å². The van der Waals surface area contributed by atoms with E-state index in [4.69, 9.17) is 4.74 Å². The minimum absolute atomic E-state index is 0.0940. The number of ether oxygens (including phenoxy) is 1. The van der Waals surface area contributed by atoms with Gasteiger partial charge in [-0.3, -0.25) is 4.79 Å². The molecule has 0 heterocycles. The molecule has 0 bridgehead atoms. The number of unbranched alkanes of at least 4 members (excludes halogenated alkanes) is 30. The summed E-state index contributed by atoms with van der Waals surface area (Å²) in [6, 6.07) is 0. The zero-order valence-electron chi connectivity index (χ0n) is 35.6. The van der Waals surface area contributed by atoms with Gasteiger partial charge in [0.2, 0.25) is 0 Å². The second-order valence-electron chi connectivity index (χ2n) is 17.1. The second-order valence-corrected chi connectivity index (χ2v) is 17.1. The van der Waals surface area contributed by atoms with Gasteiger partial charge in [0.15, 0.2) is 5.79 Å². The summed E-state index contributed by atoms with van der Waals surface area (Å²) in [5.41, 5.74) is 0. The summed E-state index contributed by atoms with van der Waals surface area (Å²) >= 11 is 0. The van der Waals surface area contributed by atoms with Crippen LogP contribution in [0, 0.1) is 11.8 Å². The molecule has 0 aromatic rings. The summed E-state index contributed by atoms with van der Waals surface area (Å²) in [4.78, 5) is 13.7. The standard InChI is InChI=1S/C47H94O4/c1-6-9-12-15-18-20-21-22-23-24-25-26-27-28-30-32-35-38-41-45(47(49,50)42-43(4)5)46(48)51-44(39-36-33-17-14-11-8-3)40-37-34-31-29-19-16-13-10-7-2/h43-45,49-50H,6-42H2,1-5H3. The molecule has 0 aromatic heterocycles. The molecular weight excluding hydrogens is 629 g/mol. The van der Waals surface area contributed by atoms with Crippen molar-refractivity contribution in [1.29, 1.82) is 0 Å². The molecule has 0 saturated heterocycles. The third-order valence-electron chi connectivity index (χ3n) is 11.2. The van der Waals surface area contributed by atoms with Crippen LogP contribution >= 0.6 is 0 Å². The van der Waals surface area contributed by atoms with Gasteiger partial charge in [-0.05, 0) is 38.0 Å². The van der Waals surface area contributed by atoms with Crippen LogP contribution < -0.4 is 0 Å². The maximum Gasteiger partial charge on any atom is 0.314 e. The smallest absolute Gasteiger partial charge is 0.314 e. The molecule has 51 heavy (non-hydrogen) atoms. The van der Waals surface area contributed by atoms with E-state index in [2.05, 4.69) is 20.8 Å². The molecule has 0 aliphatic carbocycles. The van der Waals surface area contributed by atoms with Crippen LogP contribution in [0.4, 0.5) is 0 Å². The van der Waals surface area contributed by atoms with E-state index in [1.807, 2.05) is 13.8 Å². The van der Waals surface area contributed by atoms with E-state index in [0.717, 1.165) is 44.9 Å². The minimum Gasteiger partial charge on any atom is -0.462 e. The van der Waals surface area contributed by atoms with Gasteiger partial charge in [-0.25, -0.2) is 0 Å². The van der Waals surface area contributed by atoms with Gasteiger partial charge in [0, 0.05) is 6.42 Å². The number of carbonyl (C=O) groups excluding carboxylic acids is 1. The Morgan fingerprint density at radius 3 is 0.961 bits per heavy atom. The average molecular weight is 723 g/mol. The van der Waals surface area contributed by atoms with Crippen molar-refractivity contribution in [3.63, 3.8) is 0 Å². The highest BCUT2D eigenvalue weighted by molar-refractivity contribution is 5.73. The van der Waals surface area contributed by atoms with Gasteiger partial charge in [0.05, 0.1) is 0 Å². The van der Waals surface area contributed by atoms with Crippen molar-refractivity contribution >= 4 is 5.97 Å². The molecule has 0 spiro atoms. The van der Waals surface area contributed by atoms with E-state index < -0.39 is 11.7 Å². The quantitative estimate of drug-likeness (QED) is 0.0374. The van der Waals surface area contributed by atoms with Crippen molar-refractivity contribution in [1.82, 2.24) is 0 Å². The number of carbonyl (C=O) groups is 1. The molecule has 306 valence electrons. The number of aliphatic hydroxyl groups is 2. The fraction of sp³-hybridized carbons (Fsp3) is 0.979. The largest absolute Gasteiger partial charge is 0.462 e. The van der Waals surface area contributed by atoms with Crippen molar-refractivity contribution in [2.45, 2.75) is 284 Å². The van der Waals surface area contributed by atoms with Crippen LogP contribution in [0.3, 0.4) is 0 Å². The van der Waals surface area contributed by atoms with E-state index in [1.165, 1.54) is 180 Å². The number of hydrogen-bond donors (Lipinski definition) is 2. The summed E-state index contributed by atoms with van der Waals surface area (Å²) in [5.74, 6) is -3.16. The average Bonchev–Trinajstić information content (AvgIpc) is 3.09. The second kappa shape index (κ2) is 37.7. The van der Waals surface area contributed by atoms with Crippen LogP contribution in [0.25, 0.3) is 0 Å². The minimum atomic E-state index is -2.01. The molecule has 0 rings (SSSR count). The predicted octanol–water partition coefficient (Wildman–Crippen LogP) is 15.3. The van der Waals surface area contributed by atoms with Crippen molar-refractivity contribution in [3.05, 3.63) is 0 Å². The third-order valence-corrected chi connectivity index (χ3v) is 11.2. The Morgan fingerprint density at radius 1 is 0.431 bits per heavy atom. The topological polar surface area (TPSA) is 66.8 Å². The zero-order valence-corrected chi connectivity index (χ0v) is 35.6. The lowest BCUT2D eigenvalue weighted by atomic mass is 9.86. The molecule has 0 aliphatic heterocycles. The predicted molar refractivity (Wildman–Crippen MR) is 223 cm³/mol. The molecule has 2 atom stereocenters. The van der Waals surface area contributed by atoms with Crippen molar-refractivity contribution in [2.75, 3.05) is 0 Å². The van der Waals surface area contributed by atoms with Gasteiger partial charge in [0.1, 0.15) is 12.0 Å². The number of rotatable bonds is 41. The summed E-state index contributed by atoms with van der Waals surface area (Å²) in [5, 5.41) is 22.3. The highest BCUT2D eigenvalue weighted by Gasteiger charge is 2.41. The van der Waals surface area contributed by atoms with Gasteiger partial charge in [0.25, 0.3) is 0 Å². The van der Waals surface area contributed by atoms with E-state index in [-0.39, 0.29) is 24.4 Å². The maximum absolute atomic E-state index is 13.7. The molecule has 0 fully saturated rings. The van der Waals surface area contributed by atoms with Crippen LogP contribution in [0.15, 0.2) is 0 Å². The summed E-state index contributed by atoms with van der Waals surface area (Å²) < 4.78 is 6.21. The fourth-order valence-corrected chi connectivity index (χ4v) is 7.87. The molecule has 0 radical (unpaired) electrons. The fourth-order valence-electron chi connectivity index (χ4n) is 7.87. The van der Waals surface area contributed by atoms with Gasteiger partial charge in [-0.15, -0.1) is 0 Å². The Balaban J connectivity index is 4.59. The van der Waals surface area contributed by atoms with Crippen LogP contribution in [0.1, 0.15) is 272 Å². The Hall–Kier alpha value is -0.610. The Labute approximate surface area is 320 Å². The van der Waals surface area contributed by atoms with Crippen LogP contribution in [0.5, 0.6) is 0 Å². The molecule has 4 nitrogen and oxygen atoms in total. The lowest BCUT2D eigenvalue weighted by Crippen LogP contribution is -2.45. The third kappa shape index (κ3) is 33.7. The van der Waals surface area contributed by atoms with Crippen molar-refractivity contribution in [2.24, 2.45) is 11.8 Å². The van der Waals surface area contributed by atoms with Crippen LogP contribution in [0.2, 0.25) is 0 Å². The summed E-state index contributed by atoms with van der Waals surface area (Å²) in [6.07, 6.45) is 45.0. The lowest BCUT2D eigenvalue weighted by molar-refractivity contribution is -0.224. The molecule has 0 amide bonds. The Bertz CT molecular complexity index is 704. The van der Waals surface area contributed by atoms with Gasteiger partial charge in [-0.2, -0.15) is 0 Å².